The van der Waals surface area contributed by atoms with E-state index in [9.17, 15) is 0 Å². The number of piperazine rings is 1. The molecule has 0 radical (unpaired) electrons. The summed E-state index contributed by atoms with van der Waals surface area (Å²) in [5.74, 6) is 1.58. The molecule has 0 amide bonds. The fraction of sp³-hybridized carbons (Fsp3) is 0.300. The molecule has 1 aliphatic heterocycles. The lowest BCUT2D eigenvalue weighted by Gasteiger charge is -2.34. The molecule has 156 valence electrons. The Bertz CT molecular complexity index is 1150. The maximum Gasteiger partial charge on any atom is 0.186 e. The molecule has 30 heavy (non-hydrogen) atoms. The number of benzene rings is 2. The molecule has 1 fully saturated rings. The Labute approximate surface area is 191 Å². The van der Waals surface area contributed by atoms with Crippen molar-refractivity contribution in [1.29, 1.82) is 0 Å². The first-order valence-corrected chi connectivity index (χ1v) is 11.7. The molecule has 3 heterocycles. The normalized spacial score (nSPS) is 14.7. The lowest BCUT2D eigenvalue weighted by atomic mass is 10.3. The van der Waals surface area contributed by atoms with Crippen LogP contribution in [0.3, 0.4) is 0 Å². The maximum absolute atomic E-state index is 6.33. The SMILES string of the molecule is COc1ccc(OC)c2sc(N3CCN(c4nc5c(Cl)ccc(Cl)c5s4)CC3)nc12. The predicted molar refractivity (Wildman–Crippen MR) is 127 cm³/mol. The molecular formula is C20H18Cl2N4O2S2. The van der Waals surface area contributed by atoms with Gasteiger partial charge in [-0.15, -0.1) is 0 Å². The van der Waals surface area contributed by atoms with Crippen molar-refractivity contribution in [3.63, 3.8) is 0 Å². The Balaban J connectivity index is 1.39. The molecule has 1 aliphatic rings. The minimum Gasteiger partial charge on any atom is -0.495 e. The number of methoxy groups -OCH3 is 2. The molecular weight excluding hydrogens is 463 g/mol. The third-order valence-electron chi connectivity index (χ3n) is 5.15. The van der Waals surface area contributed by atoms with E-state index in [-0.39, 0.29) is 0 Å². The number of nitrogens with zero attached hydrogens (tertiary/aromatic N) is 4. The average Bonchev–Trinajstić information content (AvgIpc) is 3.42. The second-order valence-corrected chi connectivity index (χ2v) is 9.59. The first kappa shape index (κ1) is 19.9. The molecule has 6 nitrogen and oxygen atoms in total. The smallest absolute Gasteiger partial charge is 0.186 e. The summed E-state index contributed by atoms with van der Waals surface area (Å²) in [5, 5.41) is 3.25. The van der Waals surface area contributed by atoms with Crippen LogP contribution in [0, 0.1) is 0 Å². The van der Waals surface area contributed by atoms with Gasteiger partial charge < -0.3 is 19.3 Å². The van der Waals surface area contributed by atoms with Crippen molar-refractivity contribution in [3.05, 3.63) is 34.3 Å². The summed E-state index contributed by atoms with van der Waals surface area (Å²) in [6.45, 7) is 3.39. The van der Waals surface area contributed by atoms with Gasteiger partial charge in [-0.1, -0.05) is 45.9 Å². The highest BCUT2D eigenvalue weighted by molar-refractivity contribution is 7.23. The van der Waals surface area contributed by atoms with Crippen LogP contribution in [0.1, 0.15) is 0 Å². The minimum absolute atomic E-state index is 0.632. The molecule has 0 saturated carbocycles. The van der Waals surface area contributed by atoms with Crippen LogP contribution in [0.4, 0.5) is 10.3 Å². The zero-order valence-electron chi connectivity index (χ0n) is 16.3. The van der Waals surface area contributed by atoms with Crippen LogP contribution < -0.4 is 19.3 Å². The zero-order chi connectivity index (χ0) is 20.8. The van der Waals surface area contributed by atoms with Gasteiger partial charge in [-0.25, -0.2) is 9.97 Å². The summed E-state index contributed by atoms with van der Waals surface area (Å²) in [7, 11) is 3.34. The molecule has 0 bridgehead atoms. The Kier molecular flexibility index (Phi) is 5.26. The monoisotopic (exact) mass is 480 g/mol. The van der Waals surface area contributed by atoms with Gasteiger partial charge in [0.05, 0.1) is 29.0 Å². The first-order valence-electron chi connectivity index (χ1n) is 9.35. The van der Waals surface area contributed by atoms with Crippen LogP contribution in [0.25, 0.3) is 20.4 Å². The molecule has 2 aromatic carbocycles. The highest BCUT2D eigenvalue weighted by Crippen LogP contribution is 2.41. The Morgan fingerprint density at radius 3 is 1.87 bits per heavy atom. The Morgan fingerprint density at radius 2 is 1.27 bits per heavy atom. The van der Waals surface area contributed by atoms with Gasteiger partial charge in [0.2, 0.25) is 0 Å². The number of hydrogen-bond acceptors (Lipinski definition) is 8. The van der Waals surface area contributed by atoms with E-state index in [1.165, 1.54) is 0 Å². The molecule has 0 aliphatic carbocycles. The summed E-state index contributed by atoms with van der Waals surface area (Å²) >= 11 is 15.9. The lowest BCUT2D eigenvalue weighted by Crippen LogP contribution is -2.46. The number of thiazole rings is 2. The summed E-state index contributed by atoms with van der Waals surface area (Å²) in [5.41, 5.74) is 1.62. The summed E-state index contributed by atoms with van der Waals surface area (Å²) < 4.78 is 12.9. The van der Waals surface area contributed by atoms with Gasteiger partial charge in [0.1, 0.15) is 27.2 Å². The molecule has 0 N–H and O–H groups in total. The van der Waals surface area contributed by atoms with Crippen molar-refractivity contribution in [2.24, 2.45) is 0 Å². The van der Waals surface area contributed by atoms with E-state index in [1.807, 2.05) is 18.2 Å². The number of fused-ring (bicyclic) bond motifs is 2. The minimum atomic E-state index is 0.632. The third kappa shape index (κ3) is 3.32. The van der Waals surface area contributed by atoms with E-state index in [0.29, 0.717) is 10.0 Å². The van der Waals surface area contributed by atoms with Gasteiger partial charge in [-0.05, 0) is 24.3 Å². The molecule has 4 aromatic rings. The van der Waals surface area contributed by atoms with E-state index in [4.69, 9.17) is 42.6 Å². The Morgan fingerprint density at radius 1 is 0.733 bits per heavy atom. The Hall–Kier alpha value is -2.00. The predicted octanol–water partition coefficient (Wildman–Crippen LogP) is 5.56. The van der Waals surface area contributed by atoms with Crippen molar-refractivity contribution < 1.29 is 9.47 Å². The standard InChI is InChI=1S/C20H18Cl2N4O2S2/c1-27-13-5-6-14(28-2)18-16(13)24-20(30-18)26-9-7-25(8-10-26)19-23-15-11(21)3-4-12(22)17(15)29-19/h3-6H,7-10H2,1-2H3. The van der Waals surface area contributed by atoms with E-state index < -0.39 is 0 Å². The molecule has 10 heteroatoms. The van der Waals surface area contributed by atoms with E-state index >= 15 is 0 Å². The van der Waals surface area contributed by atoms with Crippen molar-refractivity contribution >= 4 is 76.6 Å². The molecule has 0 atom stereocenters. The number of anilines is 2. The highest BCUT2D eigenvalue weighted by atomic mass is 35.5. The quantitative estimate of drug-likeness (QED) is 0.381. The second kappa shape index (κ2) is 7.92. The molecule has 1 saturated heterocycles. The van der Waals surface area contributed by atoms with Crippen LogP contribution in [-0.4, -0.2) is 50.4 Å². The summed E-state index contributed by atoms with van der Waals surface area (Å²) in [4.78, 5) is 14.2. The number of aromatic nitrogens is 2. The number of halogens is 2. The first-order chi connectivity index (χ1) is 14.6. The van der Waals surface area contributed by atoms with Crippen LogP contribution in [0.15, 0.2) is 24.3 Å². The fourth-order valence-electron chi connectivity index (χ4n) is 3.57. The van der Waals surface area contributed by atoms with Gasteiger partial charge in [0, 0.05) is 26.2 Å². The molecule has 5 rings (SSSR count). The van der Waals surface area contributed by atoms with E-state index in [2.05, 4.69) is 9.80 Å². The molecule has 0 unspecified atom stereocenters. The number of ether oxygens (including phenoxy) is 2. The third-order valence-corrected chi connectivity index (χ3v) is 8.17. The number of rotatable bonds is 4. The van der Waals surface area contributed by atoms with Crippen molar-refractivity contribution in [3.8, 4) is 11.5 Å². The van der Waals surface area contributed by atoms with Crippen LogP contribution >= 0.6 is 45.9 Å². The number of hydrogen-bond donors (Lipinski definition) is 0. The molecule has 2 aromatic heterocycles. The summed E-state index contributed by atoms with van der Waals surface area (Å²) in [6.07, 6.45) is 0. The van der Waals surface area contributed by atoms with Crippen molar-refractivity contribution in [2.75, 3.05) is 50.2 Å². The topological polar surface area (TPSA) is 50.7 Å². The largest absolute Gasteiger partial charge is 0.495 e. The van der Waals surface area contributed by atoms with E-state index in [1.54, 1.807) is 43.0 Å². The van der Waals surface area contributed by atoms with Gasteiger partial charge in [0.25, 0.3) is 0 Å². The van der Waals surface area contributed by atoms with Gasteiger partial charge in [-0.2, -0.15) is 0 Å². The second-order valence-electron chi connectivity index (χ2n) is 6.82. The zero-order valence-corrected chi connectivity index (χ0v) is 19.5. The maximum atomic E-state index is 6.33. The van der Waals surface area contributed by atoms with Gasteiger partial charge in [-0.3, -0.25) is 0 Å². The van der Waals surface area contributed by atoms with Crippen molar-refractivity contribution in [2.45, 2.75) is 0 Å². The molecule has 0 spiro atoms. The van der Waals surface area contributed by atoms with Gasteiger partial charge >= 0.3 is 0 Å². The average molecular weight is 481 g/mol. The van der Waals surface area contributed by atoms with Crippen LogP contribution in [0.2, 0.25) is 10.0 Å². The van der Waals surface area contributed by atoms with Crippen molar-refractivity contribution in [1.82, 2.24) is 9.97 Å². The van der Waals surface area contributed by atoms with Gasteiger partial charge in [0.15, 0.2) is 10.3 Å². The fourth-order valence-corrected chi connectivity index (χ4v) is 6.27. The van der Waals surface area contributed by atoms with E-state index in [0.717, 1.165) is 68.4 Å². The van der Waals surface area contributed by atoms with Crippen LogP contribution in [0.5, 0.6) is 11.5 Å². The summed E-state index contributed by atoms with van der Waals surface area (Å²) in [6, 6.07) is 7.43. The lowest BCUT2D eigenvalue weighted by molar-refractivity contribution is 0.410. The van der Waals surface area contributed by atoms with Crippen LogP contribution in [-0.2, 0) is 0 Å². The highest BCUT2D eigenvalue weighted by Gasteiger charge is 2.24.